The molecule has 1 aliphatic heterocycles. The minimum absolute atomic E-state index is 0.0718. The van der Waals surface area contributed by atoms with Crippen molar-refractivity contribution < 1.29 is 14.4 Å². The predicted octanol–water partition coefficient (Wildman–Crippen LogP) is -1.80. The van der Waals surface area contributed by atoms with Crippen molar-refractivity contribution in [3.63, 3.8) is 0 Å². The minimum Gasteiger partial charge on any atom is -0.353 e. The normalized spacial score (nSPS) is 18.8. The molecule has 0 unspecified atom stereocenters. The van der Waals surface area contributed by atoms with Gasteiger partial charge in [-0.1, -0.05) is 0 Å². The number of rotatable bonds is 4. The van der Waals surface area contributed by atoms with Gasteiger partial charge in [0.15, 0.2) is 0 Å². The zero-order valence-corrected chi connectivity index (χ0v) is 10.9. The van der Waals surface area contributed by atoms with Crippen LogP contribution in [0.5, 0.6) is 0 Å². The molecule has 0 atom stereocenters. The van der Waals surface area contributed by atoms with E-state index >= 15 is 0 Å². The summed E-state index contributed by atoms with van der Waals surface area (Å²) in [6.07, 6.45) is 2.30. The largest absolute Gasteiger partial charge is 0.353 e. The first-order chi connectivity index (χ1) is 9.16. The smallest absolute Gasteiger partial charge is 0.311 e. The predicted molar refractivity (Wildman–Crippen MR) is 68.2 cm³/mol. The Morgan fingerprint density at radius 1 is 1.16 bits per heavy atom. The summed E-state index contributed by atoms with van der Waals surface area (Å²) in [7, 11) is 0. The van der Waals surface area contributed by atoms with Crippen molar-refractivity contribution in [3.05, 3.63) is 0 Å². The zero-order chi connectivity index (χ0) is 13.7. The molecule has 0 aromatic heterocycles. The Hall–Kier alpha value is -1.63. The van der Waals surface area contributed by atoms with E-state index in [4.69, 9.17) is 0 Å². The topological polar surface area (TPSA) is 90.5 Å². The van der Waals surface area contributed by atoms with E-state index in [1.807, 2.05) is 0 Å². The van der Waals surface area contributed by atoms with Crippen LogP contribution in [0.1, 0.15) is 19.3 Å². The molecule has 7 nitrogen and oxygen atoms in total. The Kier molecular flexibility index (Phi) is 4.73. The molecule has 1 saturated carbocycles. The van der Waals surface area contributed by atoms with Crippen LogP contribution in [0.2, 0.25) is 0 Å². The molecule has 0 aromatic rings. The molecule has 3 N–H and O–H groups in total. The van der Waals surface area contributed by atoms with E-state index in [0.29, 0.717) is 32.2 Å². The number of piperazine rings is 1. The Morgan fingerprint density at radius 3 is 2.47 bits per heavy atom. The first kappa shape index (κ1) is 13.8. The third-order valence-corrected chi connectivity index (χ3v) is 3.18. The molecule has 106 valence electrons. The lowest BCUT2D eigenvalue weighted by molar-refractivity contribution is -0.146. The van der Waals surface area contributed by atoms with Gasteiger partial charge in [0, 0.05) is 45.2 Å². The molecule has 0 spiro atoms. The highest BCUT2D eigenvalue weighted by atomic mass is 16.2. The molecule has 19 heavy (non-hydrogen) atoms. The summed E-state index contributed by atoms with van der Waals surface area (Å²) in [5.41, 5.74) is 0. The molecule has 0 bridgehead atoms. The third kappa shape index (κ3) is 4.51. The van der Waals surface area contributed by atoms with Crippen LogP contribution in [0, 0.1) is 0 Å². The average Bonchev–Trinajstić information content (AvgIpc) is 3.22. The molecule has 3 amide bonds. The lowest BCUT2D eigenvalue weighted by atomic mass is 10.3. The Labute approximate surface area is 112 Å². The Morgan fingerprint density at radius 2 is 1.84 bits per heavy atom. The molecule has 1 aliphatic carbocycles. The van der Waals surface area contributed by atoms with Gasteiger partial charge >= 0.3 is 11.8 Å². The zero-order valence-electron chi connectivity index (χ0n) is 10.9. The van der Waals surface area contributed by atoms with Gasteiger partial charge in [-0.25, -0.2) is 0 Å². The summed E-state index contributed by atoms with van der Waals surface area (Å²) in [5.74, 6) is -1.21. The maximum atomic E-state index is 11.7. The van der Waals surface area contributed by atoms with Crippen LogP contribution >= 0.6 is 0 Å². The highest BCUT2D eigenvalue weighted by Gasteiger charge is 2.24. The number of amides is 3. The van der Waals surface area contributed by atoms with Gasteiger partial charge in [-0.3, -0.25) is 14.4 Å². The van der Waals surface area contributed by atoms with Crippen LogP contribution in [0.15, 0.2) is 0 Å². The fourth-order valence-corrected chi connectivity index (χ4v) is 1.90. The lowest BCUT2D eigenvalue weighted by Crippen LogP contribution is -2.51. The second-order valence-corrected chi connectivity index (χ2v) is 4.89. The lowest BCUT2D eigenvalue weighted by Gasteiger charge is -2.26. The summed E-state index contributed by atoms with van der Waals surface area (Å²) >= 11 is 0. The SMILES string of the molecule is O=C(CCNC(=O)C(=O)N1CCNCC1)NC1CC1. The van der Waals surface area contributed by atoms with E-state index in [9.17, 15) is 14.4 Å². The van der Waals surface area contributed by atoms with Crippen molar-refractivity contribution in [2.75, 3.05) is 32.7 Å². The average molecular weight is 268 g/mol. The standard InChI is InChI=1S/C12H20N4O3/c17-10(15-9-1-2-9)3-4-14-11(18)12(19)16-7-5-13-6-8-16/h9,13H,1-8H2,(H,14,18)(H,15,17). The molecule has 2 aliphatic rings. The van der Waals surface area contributed by atoms with E-state index in [-0.39, 0.29) is 18.9 Å². The van der Waals surface area contributed by atoms with Crippen molar-refractivity contribution in [3.8, 4) is 0 Å². The summed E-state index contributed by atoms with van der Waals surface area (Å²) in [6.45, 7) is 2.73. The van der Waals surface area contributed by atoms with Crippen molar-refractivity contribution in [1.29, 1.82) is 0 Å². The van der Waals surface area contributed by atoms with Gasteiger partial charge in [-0.2, -0.15) is 0 Å². The quantitative estimate of drug-likeness (QED) is 0.525. The van der Waals surface area contributed by atoms with Gasteiger partial charge < -0.3 is 20.9 Å². The van der Waals surface area contributed by atoms with Gasteiger partial charge in [-0.05, 0) is 12.8 Å². The van der Waals surface area contributed by atoms with E-state index in [1.165, 1.54) is 4.90 Å². The number of carbonyl (C=O) groups excluding carboxylic acids is 3. The van der Waals surface area contributed by atoms with Gasteiger partial charge in [-0.15, -0.1) is 0 Å². The highest BCUT2D eigenvalue weighted by molar-refractivity contribution is 6.35. The van der Waals surface area contributed by atoms with Crippen molar-refractivity contribution in [1.82, 2.24) is 20.9 Å². The highest BCUT2D eigenvalue weighted by Crippen LogP contribution is 2.18. The van der Waals surface area contributed by atoms with Gasteiger partial charge in [0.1, 0.15) is 0 Å². The summed E-state index contributed by atoms with van der Waals surface area (Å²) in [6, 6.07) is 0.325. The summed E-state index contributed by atoms with van der Waals surface area (Å²) in [4.78, 5) is 36.3. The maximum absolute atomic E-state index is 11.7. The molecule has 2 rings (SSSR count). The monoisotopic (exact) mass is 268 g/mol. The van der Waals surface area contributed by atoms with Crippen LogP contribution in [-0.2, 0) is 14.4 Å². The number of carbonyl (C=O) groups is 3. The fourth-order valence-electron chi connectivity index (χ4n) is 1.90. The second kappa shape index (κ2) is 6.51. The minimum atomic E-state index is -0.624. The third-order valence-electron chi connectivity index (χ3n) is 3.18. The Bertz CT molecular complexity index is 362. The van der Waals surface area contributed by atoms with Crippen molar-refractivity contribution in [2.45, 2.75) is 25.3 Å². The van der Waals surface area contributed by atoms with E-state index in [0.717, 1.165) is 12.8 Å². The Balaban J connectivity index is 1.62. The maximum Gasteiger partial charge on any atom is 0.311 e. The number of hydrogen-bond donors (Lipinski definition) is 3. The van der Waals surface area contributed by atoms with Gasteiger partial charge in [0.2, 0.25) is 5.91 Å². The van der Waals surface area contributed by atoms with Gasteiger partial charge in [0.25, 0.3) is 0 Å². The van der Waals surface area contributed by atoms with E-state index < -0.39 is 11.8 Å². The molecular formula is C12H20N4O3. The summed E-state index contributed by atoms with van der Waals surface area (Å²) < 4.78 is 0. The van der Waals surface area contributed by atoms with Crippen molar-refractivity contribution >= 4 is 17.7 Å². The molecule has 2 fully saturated rings. The summed E-state index contributed by atoms with van der Waals surface area (Å²) in [5, 5.41) is 8.43. The molecule has 0 aromatic carbocycles. The van der Waals surface area contributed by atoms with Crippen LogP contribution in [0.4, 0.5) is 0 Å². The molecule has 1 saturated heterocycles. The van der Waals surface area contributed by atoms with Gasteiger partial charge in [0.05, 0.1) is 0 Å². The molecule has 0 radical (unpaired) electrons. The number of nitrogens with zero attached hydrogens (tertiary/aromatic N) is 1. The molecular weight excluding hydrogens is 248 g/mol. The molecule has 7 heteroatoms. The number of nitrogens with one attached hydrogen (secondary N) is 3. The first-order valence-electron chi connectivity index (χ1n) is 6.74. The van der Waals surface area contributed by atoms with Crippen LogP contribution in [0.3, 0.4) is 0 Å². The van der Waals surface area contributed by atoms with E-state index in [2.05, 4.69) is 16.0 Å². The second-order valence-electron chi connectivity index (χ2n) is 4.89. The fraction of sp³-hybridized carbons (Fsp3) is 0.750. The van der Waals surface area contributed by atoms with E-state index in [1.54, 1.807) is 0 Å². The van der Waals surface area contributed by atoms with Crippen molar-refractivity contribution in [2.24, 2.45) is 0 Å². The van der Waals surface area contributed by atoms with Crippen LogP contribution in [0.25, 0.3) is 0 Å². The van der Waals surface area contributed by atoms with Crippen LogP contribution < -0.4 is 16.0 Å². The number of hydrogen-bond acceptors (Lipinski definition) is 4. The molecule has 1 heterocycles. The van der Waals surface area contributed by atoms with Crippen LogP contribution in [-0.4, -0.2) is 61.4 Å². The first-order valence-corrected chi connectivity index (χ1v) is 6.74.